The van der Waals surface area contributed by atoms with Gasteiger partial charge in [0.25, 0.3) is 0 Å². The predicted octanol–water partition coefficient (Wildman–Crippen LogP) is 2.79. The van der Waals surface area contributed by atoms with Crippen LogP contribution in [0.5, 0.6) is 5.75 Å². The minimum Gasteiger partial charge on any atom is -0.497 e. The van der Waals surface area contributed by atoms with E-state index in [-0.39, 0.29) is 24.0 Å². The Hall–Kier alpha value is -0.770. The normalized spacial score (nSPS) is 15.1. The molecule has 1 saturated heterocycles. The molecule has 0 atom stereocenters. The molecule has 0 spiro atoms. The van der Waals surface area contributed by atoms with E-state index in [4.69, 9.17) is 21.1 Å². The van der Waals surface area contributed by atoms with Crippen molar-refractivity contribution in [3.8, 4) is 5.75 Å². The standard InChI is InChI=1S/C19H31ClN4O2.HI/c1-21-19(22-8-3-4-10-24-11-13-26-14-12-24)23-9-7-16-5-6-17(25-2)15-18(16)20;/h5-6,15H,3-4,7-14H2,1-2H3,(H2,21,22,23);1H. The van der Waals surface area contributed by atoms with Gasteiger partial charge in [0.15, 0.2) is 5.96 Å². The van der Waals surface area contributed by atoms with Crippen LogP contribution in [0.15, 0.2) is 23.2 Å². The molecule has 0 saturated carbocycles. The van der Waals surface area contributed by atoms with E-state index in [0.717, 1.165) is 81.1 Å². The van der Waals surface area contributed by atoms with Crippen LogP contribution < -0.4 is 15.4 Å². The van der Waals surface area contributed by atoms with Gasteiger partial charge in [0, 0.05) is 38.2 Å². The van der Waals surface area contributed by atoms with Gasteiger partial charge in [-0.05, 0) is 43.5 Å². The molecule has 0 aromatic heterocycles. The third-order valence-corrected chi connectivity index (χ3v) is 4.82. The van der Waals surface area contributed by atoms with Gasteiger partial charge in [-0.3, -0.25) is 9.89 Å². The smallest absolute Gasteiger partial charge is 0.190 e. The third-order valence-electron chi connectivity index (χ3n) is 4.47. The molecule has 154 valence electrons. The maximum Gasteiger partial charge on any atom is 0.190 e. The second-order valence-corrected chi connectivity index (χ2v) is 6.70. The van der Waals surface area contributed by atoms with Crippen LogP contribution in [0.1, 0.15) is 18.4 Å². The molecule has 0 amide bonds. The van der Waals surface area contributed by atoms with Crippen LogP contribution in [0.2, 0.25) is 5.02 Å². The summed E-state index contributed by atoms with van der Waals surface area (Å²) in [5.74, 6) is 1.61. The fourth-order valence-electron chi connectivity index (χ4n) is 2.89. The molecule has 1 aromatic carbocycles. The molecular weight excluding hydrogens is 479 g/mol. The first kappa shape index (κ1) is 24.3. The number of guanidine groups is 1. The number of halogens is 2. The van der Waals surface area contributed by atoms with Crippen molar-refractivity contribution in [1.29, 1.82) is 0 Å². The van der Waals surface area contributed by atoms with Crippen molar-refractivity contribution in [2.75, 3.05) is 60.1 Å². The monoisotopic (exact) mass is 510 g/mol. The van der Waals surface area contributed by atoms with Crippen LogP contribution in [-0.2, 0) is 11.2 Å². The third kappa shape index (κ3) is 9.32. The van der Waals surface area contributed by atoms with E-state index < -0.39 is 0 Å². The van der Waals surface area contributed by atoms with Crippen LogP contribution >= 0.6 is 35.6 Å². The summed E-state index contributed by atoms with van der Waals surface area (Å²) in [6.45, 7) is 6.70. The van der Waals surface area contributed by atoms with Crippen molar-refractivity contribution in [1.82, 2.24) is 15.5 Å². The average Bonchev–Trinajstić information content (AvgIpc) is 2.68. The summed E-state index contributed by atoms with van der Waals surface area (Å²) in [5, 5.41) is 7.44. The highest BCUT2D eigenvalue weighted by atomic mass is 127. The first-order chi connectivity index (χ1) is 12.7. The van der Waals surface area contributed by atoms with Crippen LogP contribution in [0.3, 0.4) is 0 Å². The van der Waals surface area contributed by atoms with E-state index in [9.17, 15) is 0 Å². The summed E-state index contributed by atoms with van der Waals surface area (Å²) in [5.41, 5.74) is 1.10. The van der Waals surface area contributed by atoms with E-state index in [1.54, 1.807) is 14.2 Å². The predicted molar refractivity (Wildman–Crippen MR) is 123 cm³/mol. The molecule has 1 fully saturated rings. The first-order valence-electron chi connectivity index (χ1n) is 9.30. The molecular formula is C19H32ClIN4O2. The van der Waals surface area contributed by atoms with Gasteiger partial charge in [0.05, 0.1) is 20.3 Å². The second-order valence-electron chi connectivity index (χ2n) is 6.29. The first-order valence-corrected chi connectivity index (χ1v) is 9.67. The summed E-state index contributed by atoms with van der Waals surface area (Å²) in [7, 11) is 3.44. The Bertz CT molecular complexity index is 569. The Balaban J connectivity index is 0.00000364. The minimum absolute atomic E-state index is 0. The second kappa shape index (κ2) is 14.3. The van der Waals surface area contributed by atoms with Gasteiger partial charge in [0.2, 0.25) is 0 Å². The summed E-state index contributed by atoms with van der Waals surface area (Å²) in [6, 6.07) is 5.78. The molecule has 1 aliphatic heterocycles. The lowest BCUT2D eigenvalue weighted by molar-refractivity contribution is 0.0372. The highest BCUT2D eigenvalue weighted by Crippen LogP contribution is 2.22. The molecule has 0 bridgehead atoms. The van der Waals surface area contributed by atoms with E-state index in [2.05, 4.69) is 20.5 Å². The van der Waals surface area contributed by atoms with E-state index in [1.807, 2.05) is 18.2 Å². The molecule has 1 aliphatic rings. The summed E-state index contributed by atoms with van der Waals surface area (Å²) in [6.07, 6.45) is 3.15. The van der Waals surface area contributed by atoms with Crippen molar-refractivity contribution in [3.05, 3.63) is 28.8 Å². The molecule has 6 nitrogen and oxygen atoms in total. The SMILES string of the molecule is CN=C(NCCCCN1CCOCC1)NCCc1ccc(OC)cc1Cl.I. The molecule has 0 radical (unpaired) electrons. The Morgan fingerprint density at radius 1 is 1.22 bits per heavy atom. The summed E-state index contributed by atoms with van der Waals surface area (Å²) < 4.78 is 10.5. The van der Waals surface area contributed by atoms with Crippen molar-refractivity contribution < 1.29 is 9.47 Å². The van der Waals surface area contributed by atoms with Crippen LogP contribution in [-0.4, -0.2) is 71.0 Å². The zero-order chi connectivity index (χ0) is 18.6. The number of unbranched alkanes of at least 4 members (excludes halogenated alkanes) is 1. The highest BCUT2D eigenvalue weighted by Gasteiger charge is 2.09. The van der Waals surface area contributed by atoms with Crippen molar-refractivity contribution in [3.63, 3.8) is 0 Å². The number of hydrogen-bond donors (Lipinski definition) is 2. The Labute approximate surface area is 185 Å². The van der Waals surface area contributed by atoms with Crippen molar-refractivity contribution in [2.24, 2.45) is 4.99 Å². The fourth-order valence-corrected chi connectivity index (χ4v) is 3.15. The van der Waals surface area contributed by atoms with Crippen LogP contribution in [0.25, 0.3) is 0 Å². The quantitative estimate of drug-likeness (QED) is 0.232. The number of hydrogen-bond acceptors (Lipinski definition) is 4. The minimum atomic E-state index is 0. The number of benzene rings is 1. The lowest BCUT2D eigenvalue weighted by atomic mass is 10.1. The molecule has 1 aromatic rings. The fraction of sp³-hybridized carbons (Fsp3) is 0.632. The number of aliphatic imine (C=N–C) groups is 1. The van der Waals surface area contributed by atoms with Gasteiger partial charge < -0.3 is 20.1 Å². The molecule has 2 N–H and O–H groups in total. The van der Waals surface area contributed by atoms with Gasteiger partial charge in [-0.25, -0.2) is 0 Å². The highest BCUT2D eigenvalue weighted by molar-refractivity contribution is 14.0. The zero-order valence-corrected chi connectivity index (χ0v) is 19.4. The van der Waals surface area contributed by atoms with Gasteiger partial charge in [-0.2, -0.15) is 0 Å². The van der Waals surface area contributed by atoms with Crippen molar-refractivity contribution in [2.45, 2.75) is 19.3 Å². The molecule has 27 heavy (non-hydrogen) atoms. The van der Waals surface area contributed by atoms with Gasteiger partial charge in [-0.1, -0.05) is 17.7 Å². The summed E-state index contributed by atoms with van der Waals surface area (Å²) >= 11 is 6.27. The van der Waals surface area contributed by atoms with Gasteiger partial charge in [0.1, 0.15) is 5.75 Å². The van der Waals surface area contributed by atoms with Crippen molar-refractivity contribution >= 4 is 41.5 Å². The topological polar surface area (TPSA) is 58.1 Å². The van der Waals surface area contributed by atoms with Crippen LogP contribution in [0.4, 0.5) is 0 Å². The van der Waals surface area contributed by atoms with E-state index in [0.29, 0.717) is 0 Å². The molecule has 1 heterocycles. The maximum atomic E-state index is 6.27. The molecule has 8 heteroatoms. The number of ether oxygens (including phenoxy) is 2. The molecule has 0 aliphatic carbocycles. The molecule has 2 rings (SSSR count). The summed E-state index contributed by atoms with van der Waals surface area (Å²) in [4.78, 5) is 6.74. The average molecular weight is 511 g/mol. The number of nitrogens with one attached hydrogen (secondary N) is 2. The lowest BCUT2D eigenvalue weighted by Gasteiger charge is -2.26. The Morgan fingerprint density at radius 3 is 2.63 bits per heavy atom. The van der Waals surface area contributed by atoms with E-state index >= 15 is 0 Å². The Morgan fingerprint density at radius 2 is 1.96 bits per heavy atom. The molecule has 0 unspecified atom stereocenters. The zero-order valence-electron chi connectivity index (χ0n) is 16.3. The number of methoxy groups -OCH3 is 1. The lowest BCUT2D eigenvalue weighted by Crippen LogP contribution is -2.39. The number of morpholine rings is 1. The van der Waals surface area contributed by atoms with E-state index in [1.165, 1.54) is 6.42 Å². The Kier molecular flexibility index (Phi) is 12.8. The largest absolute Gasteiger partial charge is 0.497 e. The van der Waals surface area contributed by atoms with Gasteiger partial charge in [-0.15, -0.1) is 24.0 Å². The number of nitrogens with zero attached hydrogens (tertiary/aromatic N) is 2. The number of rotatable bonds is 9. The van der Waals surface area contributed by atoms with Crippen LogP contribution in [0, 0.1) is 0 Å². The van der Waals surface area contributed by atoms with Gasteiger partial charge >= 0.3 is 0 Å². The maximum absolute atomic E-state index is 6.27.